The predicted octanol–water partition coefficient (Wildman–Crippen LogP) is 4.21. The molecule has 1 N–H and O–H groups in total. The number of rotatable bonds is 8. The fraction of sp³-hybridized carbons (Fsp3) is 0.217. The number of amides is 2. The Balaban J connectivity index is 1.72. The zero-order valence-electron chi connectivity index (χ0n) is 16.2. The van der Waals surface area contributed by atoms with E-state index >= 15 is 0 Å². The lowest BCUT2D eigenvalue weighted by Gasteiger charge is -2.29. The van der Waals surface area contributed by atoms with Crippen LogP contribution in [0.25, 0.3) is 0 Å². The number of hydrogen-bond acceptors (Lipinski definition) is 3. The van der Waals surface area contributed by atoms with Crippen molar-refractivity contribution in [1.29, 1.82) is 0 Å². The van der Waals surface area contributed by atoms with E-state index in [1.807, 2.05) is 42.5 Å². The van der Waals surface area contributed by atoms with Crippen LogP contribution in [0.5, 0.6) is 0 Å². The Morgan fingerprint density at radius 1 is 1.00 bits per heavy atom. The molecule has 1 atom stereocenters. The first-order valence-electron chi connectivity index (χ1n) is 9.41. The van der Waals surface area contributed by atoms with Gasteiger partial charge in [-0.15, -0.1) is 0 Å². The normalized spacial score (nSPS) is 11.7. The average Bonchev–Trinajstić information content (AvgIpc) is 3.26. The Morgan fingerprint density at radius 2 is 1.72 bits per heavy atom. The molecule has 0 radical (unpaired) electrons. The van der Waals surface area contributed by atoms with Gasteiger partial charge in [-0.3, -0.25) is 9.59 Å². The SMILES string of the molecule is C[C@H](C(=O)NCc1ccco1)N(Cc1ccccc1)C(=O)Cc1ccc(Cl)cc1. The third kappa shape index (κ3) is 5.96. The molecular formula is C23H23ClN2O3. The maximum absolute atomic E-state index is 13.1. The second-order valence-electron chi connectivity index (χ2n) is 6.78. The highest BCUT2D eigenvalue weighted by Gasteiger charge is 2.26. The molecule has 0 spiro atoms. The van der Waals surface area contributed by atoms with Gasteiger partial charge in [0.05, 0.1) is 19.2 Å². The number of carbonyl (C=O) groups is 2. The van der Waals surface area contributed by atoms with E-state index in [9.17, 15) is 9.59 Å². The summed E-state index contributed by atoms with van der Waals surface area (Å²) in [5, 5.41) is 3.45. The van der Waals surface area contributed by atoms with E-state index in [-0.39, 0.29) is 24.8 Å². The number of halogens is 1. The molecule has 2 aromatic carbocycles. The van der Waals surface area contributed by atoms with Crippen LogP contribution in [0.4, 0.5) is 0 Å². The van der Waals surface area contributed by atoms with Crippen LogP contribution >= 0.6 is 11.6 Å². The molecule has 1 heterocycles. The lowest BCUT2D eigenvalue weighted by atomic mass is 10.1. The molecule has 150 valence electrons. The van der Waals surface area contributed by atoms with Gasteiger partial charge in [0.25, 0.3) is 0 Å². The van der Waals surface area contributed by atoms with Gasteiger partial charge in [-0.25, -0.2) is 0 Å². The maximum atomic E-state index is 13.1. The topological polar surface area (TPSA) is 62.6 Å². The monoisotopic (exact) mass is 410 g/mol. The fourth-order valence-corrected chi connectivity index (χ4v) is 3.10. The van der Waals surface area contributed by atoms with Crippen molar-refractivity contribution in [3.8, 4) is 0 Å². The van der Waals surface area contributed by atoms with E-state index in [1.165, 1.54) is 0 Å². The van der Waals surface area contributed by atoms with Crippen molar-refractivity contribution in [1.82, 2.24) is 10.2 Å². The van der Waals surface area contributed by atoms with E-state index in [0.29, 0.717) is 17.3 Å². The summed E-state index contributed by atoms with van der Waals surface area (Å²) in [5.74, 6) is 0.297. The number of furan rings is 1. The van der Waals surface area contributed by atoms with Crippen LogP contribution in [0.2, 0.25) is 5.02 Å². The Labute approximate surface area is 175 Å². The van der Waals surface area contributed by atoms with Gasteiger partial charge in [0.2, 0.25) is 11.8 Å². The minimum atomic E-state index is -0.634. The summed E-state index contributed by atoms with van der Waals surface area (Å²) in [7, 11) is 0. The Bertz CT molecular complexity index is 925. The number of nitrogens with zero attached hydrogens (tertiary/aromatic N) is 1. The van der Waals surface area contributed by atoms with Crippen molar-refractivity contribution in [3.63, 3.8) is 0 Å². The molecule has 0 fully saturated rings. The van der Waals surface area contributed by atoms with E-state index < -0.39 is 6.04 Å². The second-order valence-corrected chi connectivity index (χ2v) is 7.22. The van der Waals surface area contributed by atoms with Gasteiger partial charge in [0, 0.05) is 11.6 Å². The summed E-state index contributed by atoms with van der Waals surface area (Å²) < 4.78 is 5.25. The Morgan fingerprint density at radius 3 is 2.38 bits per heavy atom. The first-order valence-corrected chi connectivity index (χ1v) is 9.78. The Hall–Kier alpha value is -3.05. The highest BCUT2D eigenvalue weighted by molar-refractivity contribution is 6.30. The van der Waals surface area contributed by atoms with Gasteiger partial charge in [-0.2, -0.15) is 0 Å². The summed E-state index contributed by atoms with van der Waals surface area (Å²) in [4.78, 5) is 27.4. The number of nitrogens with one attached hydrogen (secondary N) is 1. The summed E-state index contributed by atoms with van der Waals surface area (Å²) in [6.45, 7) is 2.36. The smallest absolute Gasteiger partial charge is 0.242 e. The molecule has 0 bridgehead atoms. The molecule has 3 aromatic rings. The molecule has 0 aliphatic heterocycles. The number of hydrogen-bond donors (Lipinski definition) is 1. The molecular weight excluding hydrogens is 388 g/mol. The first kappa shape index (κ1) is 20.7. The molecule has 2 amide bonds. The van der Waals surface area contributed by atoms with Crippen LogP contribution < -0.4 is 5.32 Å². The lowest BCUT2D eigenvalue weighted by molar-refractivity contribution is -0.140. The van der Waals surface area contributed by atoms with Crippen molar-refractivity contribution in [2.24, 2.45) is 0 Å². The summed E-state index contributed by atoms with van der Waals surface area (Å²) in [5.41, 5.74) is 1.81. The minimum Gasteiger partial charge on any atom is -0.467 e. The van der Waals surface area contributed by atoms with Crippen molar-refractivity contribution in [2.75, 3.05) is 0 Å². The standard InChI is InChI=1S/C23H23ClN2O3/c1-17(23(28)25-15-21-8-5-13-29-21)26(16-19-6-3-2-4-7-19)22(27)14-18-9-11-20(24)12-10-18/h2-13,17H,14-16H2,1H3,(H,25,28)/t17-/m1/s1. The molecule has 3 rings (SSSR count). The highest BCUT2D eigenvalue weighted by Crippen LogP contribution is 2.15. The molecule has 0 saturated carbocycles. The molecule has 0 saturated heterocycles. The molecule has 0 unspecified atom stereocenters. The van der Waals surface area contributed by atoms with Gasteiger partial charge in [0.15, 0.2) is 0 Å². The van der Waals surface area contributed by atoms with Gasteiger partial charge in [-0.05, 0) is 42.3 Å². The van der Waals surface area contributed by atoms with E-state index in [1.54, 1.807) is 42.4 Å². The molecule has 5 nitrogen and oxygen atoms in total. The van der Waals surface area contributed by atoms with E-state index in [4.69, 9.17) is 16.0 Å². The molecule has 29 heavy (non-hydrogen) atoms. The molecule has 0 aliphatic carbocycles. The minimum absolute atomic E-state index is 0.128. The zero-order chi connectivity index (χ0) is 20.6. The van der Waals surface area contributed by atoms with Crippen LogP contribution in [0.3, 0.4) is 0 Å². The molecule has 1 aromatic heterocycles. The average molecular weight is 411 g/mol. The van der Waals surface area contributed by atoms with Gasteiger partial charge < -0.3 is 14.6 Å². The highest BCUT2D eigenvalue weighted by atomic mass is 35.5. The van der Waals surface area contributed by atoms with Crippen LogP contribution in [-0.2, 0) is 29.1 Å². The third-order valence-electron chi connectivity index (χ3n) is 4.65. The summed E-state index contributed by atoms with van der Waals surface area (Å²) in [6, 6.07) is 19.7. The second kappa shape index (κ2) is 9.94. The van der Waals surface area contributed by atoms with Crippen LogP contribution in [-0.4, -0.2) is 22.8 Å². The van der Waals surface area contributed by atoms with Gasteiger partial charge >= 0.3 is 0 Å². The van der Waals surface area contributed by atoms with Crippen LogP contribution in [0.15, 0.2) is 77.4 Å². The van der Waals surface area contributed by atoms with Crippen molar-refractivity contribution in [3.05, 3.63) is 94.9 Å². The quantitative estimate of drug-likeness (QED) is 0.605. The largest absolute Gasteiger partial charge is 0.467 e. The Kier molecular flexibility index (Phi) is 7.09. The number of benzene rings is 2. The van der Waals surface area contributed by atoms with E-state index in [0.717, 1.165) is 11.1 Å². The third-order valence-corrected chi connectivity index (χ3v) is 4.90. The zero-order valence-corrected chi connectivity index (χ0v) is 16.9. The fourth-order valence-electron chi connectivity index (χ4n) is 2.98. The van der Waals surface area contributed by atoms with Crippen molar-refractivity contribution < 1.29 is 14.0 Å². The lowest BCUT2D eigenvalue weighted by Crippen LogP contribution is -2.47. The number of carbonyl (C=O) groups excluding carboxylic acids is 2. The van der Waals surface area contributed by atoms with Crippen molar-refractivity contribution >= 4 is 23.4 Å². The first-order chi connectivity index (χ1) is 14.0. The van der Waals surface area contributed by atoms with Gasteiger partial charge in [0.1, 0.15) is 11.8 Å². The predicted molar refractivity (Wildman–Crippen MR) is 112 cm³/mol. The van der Waals surface area contributed by atoms with Crippen LogP contribution in [0, 0.1) is 0 Å². The summed E-state index contributed by atoms with van der Waals surface area (Å²) >= 11 is 5.93. The van der Waals surface area contributed by atoms with Crippen LogP contribution in [0.1, 0.15) is 23.8 Å². The molecule has 6 heteroatoms. The molecule has 0 aliphatic rings. The van der Waals surface area contributed by atoms with E-state index in [2.05, 4.69) is 5.32 Å². The maximum Gasteiger partial charge on any atom is 0.242 e. The summed E-state index contributed by atoms with van der Waals surface area (Å²) in [6.07, 6.45) is 1.75. The van der Waals surface area contributed by atoms with Gasteiger partial charge in [-0.1, -0.05) is 54.1 Å². The van der Waals surface area contributed by atoms with Crippen molar-refractivity contribution in [2.45, 2.75) is 32.5 Å².